The fraction of sp³-hybridized carbons (Fsp3) is 0.0556. The summed E-state index contributed by atoms with van der Waals surface area (Å²) < 4.78 is 25.4. The molecule has 138 valence electrons. The van der Waals surface area contributed by atoms with Crippen molar-refractivity contribution in [3.63, 3.8) is 0 Å². The second-order valence-electron chi connectivity index (χ2n) is 5.87. The van der Waals surface area contributed by atoms with E-state index < -0.39 is 15.9 Å². The highest BCUT2D eigenvalue weighted by atomic mass is 32.2. The van der Waals surface area contributed by atoms with Gasteiger partial charge in [0, 0.05) is 10.9 Å². The molecule has 0 fully saturated rings. The third kappa shape index (κ3) is 4.39. The summed E-state index contributed by atoms with van der Waals surface area (Å²) in [6.45, 7) is 0. The van der Waals surface area contributed by atoms with E-state index in [-0.39, 0.29) is 11.5 Å². The molecule has 0 aliphatic heterocycles. The molecule has 5 N–H and O–H groups in total. The number of aliphatic imine (C=N–C) groups is 1. The average Bonchev–Trinajstić information content (AvgIpc) is 2.59. The summed E-state index contributed by atoms with van der Waals surface area (Å²) in [5.41, 5.74) is 13.0. The van der Waals surface area contributed by atoms with Gasteiger partial charge in [-0.1, -0.05) is 30.3 Å². The van der Waals surface area contributed by atoms with Crippen molar-refractivity contribution in [2.24, 2.45) is 16.5 Å². The molecule has 2 aromatic carbocycles. The van der Waals surface area contributed by atoms with Gasteiger partial charge >= 0.3 is 0 Å². The van der Waals surface area contributed by atoms with Gasteiger partial charge in [-0.15, -0.1) is 0 Å². The monoisotopic (exact) mass is 383 g/mol. The van der Waals surface area contributed by atoms with Crippen molar-refractivity contribution in [3.05, 3.63) is 60.2 Å². The third-order valence-electron chi connectivity index (χ3n) is 3.64. The number of aromatic nitrogens is 1. The van der Waals surface area contributed by atoms with Gasteiger partial charge in [0.05, 0.1) is 28.7 Å². The maximum atomic E-state index is 12.5. The molecule has 1 aromatic heterocycles. The highest BCUT2D eigenvalue weighted by molar-refractivity contribution is 7.92. The maximum Gasteiger partial charge on any atom is 0.280 e. The first-order valence-electron chi connectivity index (χ1n) is 7.85. The van der Waals surface area contributed by atoms with Crippen LogP contribution >= 0.6 is 0 Å². The van der Waals surface area contributed by atoms with E-state index in [0.717, 1.165) is 11.8 Å². The van der Waals surface area contributed by atoms with Crippen LogP contribution in [0.25, 0.3) is 22.2 Å². The van der Waals surface area contributed by atoms with Gasteiger partial charge in [0.1, 0.15) is 0 Å². The number of nitrogens with zero attached hydrogens (tertiary/aromatic N) is 2. The summed E-state index contributed by atoms with van der Waals surface area (Å²) in [6.07, 6.45) is 1.05. The van der Waals surface area contributed by atoms with E-state index in [1.807, 2.05) is 30.3 Å². The molecule has 3 aromatic rings. The Hall–Kier alpha value is -3.46. The topological polar surface area (TPSA) is 141 Å². The lowest BCUT2D eigenvalue weighted by atomic mass is 10.0. The van der Waals surface area contributed by atoms with E-state index in [2.05, 4.69) is 14.7 Å². The number of nitrogens with two attached hydrogens (primary N) is 2. The number of carbonyl (C=O) groups is 1. The number of nitrogens with one attached hydrogen (secondary N) is 1. The van der Waals surface area contributed by atoms with Crippen molar-refractivity contribution in [2.75, 3.05) is 11.0 Å². The number of fused-ring (bicyclic) bond motifs is 1. The summed E-state index contributed by atoms with van der Waals surface area (Å²) in [7, 11) is -3.45. The zero-order chi connectivity index (χ0) is 19.6. The molecule has 0 unspecified atom stereocenters. The Labute approximate surface area is 156 Å². The van der Waals surface area contributed by atoms with Gasteiger partial charge in [0.2, 0.25) is 10.0 Å². The minimum Gasteiger partial charge on any atom is -0.370 e. The second-order valence-corrected chi connectivity index (χ2v) is 7.62. The minimum absolute atomic E-state index is 0.262. The number of guanidine groups is 1. The van der Waals surface area contributed by atoms with Gasteiger partial charge in [-0.05, 0) is 24.3 Å². The number of sulfonamides is 1. The van der Waals surface area contributed by atoms with Crippen LogP contribution in [0.3, 0.4) is 0 Å². The Balaban J connectivity index is 2.25. The molecule has 0 atom stereocenters. The largest absolute Gasteiger partial charge is 0.370 e. The van der Waals surface area contributed by atoms with Gasteiger partial charge in [0.15, 0.2) is 5.96 Å². The van der Waals surface area contributed by atoms with E-state index in [9.17, 15) is 13.2 Å². The SMILES string of the molecule is CS(=O)(=O)Nc1ccc2c(C(=O)N=C(N)N)cc(-c3ccccc3)nc2c1. The Morgan fingerprint density at radius 3 is 2.41 bits per heavy atom. The molecule has 0 aliphatic carbocycles. The molecule has 1 amide bonds. The summed E-state index contributed by atoms with van der Waals surface area (Å²) in [6, 6.07) is 15.6. The van der Waals surface area contributed by atoms with E-state index in [0.29, 0.717) is 22.3 Å². The maximum absolute atomic E-state index is 12.5. The van der Waals surface area contributed by atoms with Crippen LogP contribution in [0.5, 0.6) is 0 Å². The van der Waals surface area contributed by atoms with Crippen LogP contribution in [0.15, 0.2) is 59.6 Å². The van der Waals surface area contributed by atoms with Crippen molar-refractivity contribution in [2.45, 2.75) is 0 Å². The normalized spacial score (nSPS) is 11.1. The van der Waals surface area contributed by atoms with Gasteiger partial charge in [-0.3, -0.25) is 9.52 Å². The fourth-order valence-electron chi connectivity index (χ4n) is 2.62. The highest BCUT2D eigenvalue weighted by Crippen LogP contribution is 2.27. The zero-order valence-corrected chi connectivity index (χ0v) is 15.2. The Morgan fingerprint density at radius 1 is 1.07 bits per heavy atom. The van der Waals surface area contributed by atoms with E-state index in [1.54, 1.807) is 24.3 Å². The fourth-order valence-corrected chi connectivity index (χ4v) is 3.17. The standard InChI is InChI=1S/C18H17N5O3S/c1-27(25,26)23-12-7-8-13-14(17(24)22-18(19)20)10-15(21-16(13)9-12)11-5-3-2-4-6-11/h2-10,23H,1H3,(H4,19,20,22,24). The molecular weight excluding hydrogens is 366 g/mol. The van der Waals surface area contributed by atoms with Crippen LogP contribution in [0.4, 0.5) is 5.69 Å². The second kappa shape index (κ2) is 7.04. The van der Waals surface area contributed by atoms with Crippen LogP contribution in [0, 0.1) is 0 Å². The first-order valence-corrected chi connectivity index (χ1v) is 9.74. The van der Waals surface area contributed by atoms with Crippen LogP contribution in [-0.4, -0.2) is 31.5 Å². The lowest BCUT2D eigenvalue weighted by Gasteiger charge is -2.10. The highest BCUT2D eigenvalue weighted by Gasteiger charge is 2.15. The summed E-state index contributed by atoms with van der Waals surface area (Å²) in [5.74, 6) is -0.954. The van der Waals surface area contributed by atoms with Crippen molar-refractivity contribution in [1.29, 1.82) is 0 Å². The number of carbonyl (C=O) groups excluding carboxylic acids is 1. The lowest BCUT2D eigenvalue weighted by Crippen LogP contribution is -2.24. The molecule has 8 nitrogen and oxygen atoms in total. The Bertz CT molecular complexity index is 1150. The number of rotatable bonds is 4. The number of anilines is 1. The molecule has 1 heterocycles. The lowest BCUT2D eigenvalue weighted by molar-refractivity contribution is 0.100. The van der Waals surface area contributed by atoms with E-state index in [1.165, 1.54) is 0 Å². The first kappa shape index (κ1) is 18.3. The van der Waals surface area contributed by atoms with Gasteiger partial charge in [-0.2, -0.15) is 4.99 Å². The molecule has 0 spiro atoms. The molecule has 0 bridgehead atoms. The summed E-state index contributed by atoms with van der Waals surface area (Å²) in [5, 5.41) is 0.503. The third-order valence-corrected chi connectivity index (χ3v) is 4.25. The average molecular weight is 383 g/mol. The quantitative estimate of drug-likeness (QED) is 0.462. The predicted octanol–water partition coefficient (Wildman–Crippen LogP) is 1.69. The molecule has 0 radical (unpaired) electrons. The van der Waals surface area contributed by atoms with Gasteiger partial charge in [-0.25, -0.2) is 13.4 Å². The van der Waals surface area contributed by atoms with E-state index in [4.69, 9.17) is 11.5 Å². The molecule has 0 saturated heterocycles. The van der Waals surface area contributed by atoms with Crippen LogP contribution < -0.4 is 16.2 Å². The Kier molecular flexibility index (Phi) is 4.78. The first-order chi connectivity index (χ1) is 12.7. The van der Waals surface area contributed by atoms with Gasteiger partial charge in [0.25, 0.3) is 5.91 Å². The Morgan fingerprint density at radius 2 is 1.78 bits per heavy atom. The van der Waals surface area contributed by atoms with Crippen LogP contribution in [0.2, 0.25) is 0 Å². The number of pyridine rings is 1. The summed E-state index contributed by atoms with van der Waals surface area (Å²) >= 11 is 0. The molecule has 9 heteroatoms. The molecule has 27 heavy (non-hydrogen) atoms. The van der Waals surface area contributed by atoms with Crippen molar-refractivity contribution in [3.8, 4) is 11.3 Å². The molecular formula is C18H17N5O3S. The molecule has 3 rings (SSSR count). The number of hydrogen-bond donors (Lipinski definition) is 3. The zero-order valence-electron chi connectivity index (χ0n) is 14.4. The van der Waals surface area contributed by atoms with Crippen LogP contribution in [-0.2, 0) is 10.0 Å². The minimum atomic E-state index is -3.45. The van der Waals surface area contributed by atoms with E-state index >= 15 is 0 Å². The number of benzene rings is 2. The smallest absolute Gasteiger partial charge is 0.280 e. The van der Waals surface area contributed by atoms with Crippen LogP contribution in [0.1, 0.15) is 10.4 Å². The van der Waals surface area contributed by atoms with Crippen molar-refractivity contribution >= 4 is 38.5 Å². The van der Waals surface area contributed by atoms with Gasteiger partial charge < -0.3 is 11.5 Å². The molecule has 0 saturated carbocycles. The molecule has 0 aliphatic rings. The number of amides is 1. The predicted molar refractivity (Wildman–Crippen MR) is 106 cm³/mol. The summed E-state index contributed by atoms with van der Waals surface area (Å²) in [4.78, 5) is 20.6. The van der Waals surface area contributed by atoms with Crippen molar-refractivity contribution in [1.82, 2.24) is 4.98 Å². The number of hydrogen-bond acceptors (Lipinski definition) is 4. The van der Waals surface area contributed by atoms with Crippen molar-refractivity contribution < 1.29 is 13.2 Å².